The van der Waals surface area contributed by atoms with Crippen molar-refractivity contribution in [2.24, 2.45) is 11.3 Å². The molecule has 1 fully saturated rings. The second-order valence-corrected chi connectivity index (χ2v) is 8.37. The summed E-state index contributed by atoms with van der Waals surface area (Å²) >= 11 is 3.73. The minimum Gasteiger partial charge on any atom is -0.755 e. The smallest absolute Gasteiger partial charge is 0.330 e. The number of anilines is 1. The quantitative estimate of drug-likeness (QED) is 0.733. The lowest BCUT2D eigenvalue weighted by Gasteiger charge is -2.32. The zero-order valence-corrected chi connectivity index (χ0v) is 16.7. The SMILES string of the molecule is CC(C)(C)C(=O)ON1CCC(COc2ccc(NS(=O)[O-])cc2Cl)CC1. The Morgan fingerprint density at radius 3 is 2.58 bits per heavy atom. The fourth-order valence-electron chi connectivity index (χ4n) is 2.41. The van der Waals surface area contributed by atoms with Gasteiger partial charge in [0, 0.05) is 30.0 Å². The van der Waals surface area contributed by atoms with Crippen molar-refractivity contribution in [1.29, 1.82) is 0 Å². The lowest BCUT2D eigenvalue weighted by atomic mass is 9.97. The molecule has 1 aliphatic heterocycles. The number of hydroxylamine groups is 2. The zero-order valence-electron chi connectivity index (χ0n) is 15.1. The molecule has 1 atom stereocenters. The number of nitrogens with zero attached hydrogens (tertiary/aromatic N) is 1. The third-order valence-electron chi connectivity index (χ3n) is 4.01. The summed E-state index contributed by atoms with van der Waals surface area (Å²) in [6.07, 6.45) is 1.70. The Balaban J connectivity index is 1.78. The molecule has 146 valence electrons. The Bertz CT molecular complexity index is 657. The summed E-state index contributed by atoms with van der Waals surface area (Å²) in [5.41, 5.74) is -0.138. The van der Waals surface area contributed by atoms with Crippen LogP contribution in [-0.4, -0.2) is 39.5 Å². The lowest BCUT2D eigenvalue weighted by Crippen LogP contribution is -2.39. The number of halogens is 1. The van der Waals surface area contributed by atoms with Crippen molar-refractivity contribution in [2.75, 3.05) is 24.4 Å². The molecule has 9 heteroatoms. The van der Waals surface area contributed by atoms with Gasteiger partial charge >= 0.3 is 5.97 Å². The summed E-state index contributed by atoms with van der Waals surface area (Å²) in [6.45, 7) is 7.32. The first-order valence-electron chi connectivity index (χ1n) is 8.41. The Labute approximate surface area is 161 Å². The van der Waals surface area contributed by atoms with Gasteiger partial charge in [-0.25, -0.2) is 4.79 Å². The molecule has 1 aliphatic rings. The molecule has 1 aromatic rings. The van der Waals surface area contributed by atoms with E-state index in [2.05, 4.69) is 4.72 Å². The first-order valence-corrected chi connectivity index (χ1v) is 9.86. The summed E-state index contributed by atoms with van der Waals surface area (Å²) in [6, 6.07) is 4.73. The van der Waals surface area contributed by atoms with E-state index in [0.717, 1.165) is 12.8 Å². The van der Waals surface area contributed by atoms with Gasteiger partial charge in [-0.1, -0.05) is 11.6 Å². The van der Waals surface area contributed by atoms with E-state index in [9.17, 15) is 13.6 Å². The molecule has 0 radical (unpaired) electrons. The molecule has 1 N–H and O–H groups in total. The number of rotatable bonds is 6. The fourth-order valence-corrected chi connectivity index (χ4v) is 2.96. The van der Waals surface area contributed by atoms with Crippen LogP contribution in [0.25, 0.3) is 0 Å². The van der Waals surface area contributed by atoms with Gasteiger partial charge in [0.25, 0.3) is 0 Å². The first-order chi connectivity index (χ1) is 12.1. The summed E-state index contributed by atoms with van der Waals surface area (Å²) in [5.74, 6) is 0.616. The van der Waals surface area contributed by atoms with Crippen LogP contribution < -0.4 is 9.46 Å². The number of hydrogen-bond donors (Lipinski definition) is 1. The van der Waals surface area contributed by atoms with E-state index in [4.69, 9.17) is 21.2 Å². The maximum absolute atomic E-state index is 11.9. The van der Waals surface area contributed by atoms with E-state index in [1.54, 1.807) is 17.2 Å². The highest BCUT2D eigenvalue weighted by Crippen LogP contribution is 2.29. The third-order valence-corrected chi connectivity index (χ3v) is 4.70. The zero-order chi connectivity index (χ0) is 19.3. The van der Waals surface area contributed by atoms with Gasteiger partial charge in [-0.05, 0) is 57.7 Å². The van der Waals surface area contributed by atoms with Gasteiger partial charge in [-0.3, -0.25) is 4.21 Å². The van der Waals surface area contributed by atoms with E-state index in [1.165, 1.54) is 6.07 Å². The number of benzene rings is 1. The van der Waals surface area contributed by atoms with Gasteiger partial charge in [-0.2, -0.15) is 0 Å². The Kier molecular flexibility index (Phi) is 7.28. The summed E-state index contributed by atoms with van der Waals surface area (Å²) in [4.78, 5) is 17.3. The van der Waals surface area contributed by atoms with Crippen LogP contribution in [0.15, 0.2) is 18.2 Å². The van der Waals surface area contributed by atoms with Gasteiger partial charge in [0.15, 0.2) is 0 Å². The van der Waals surface area contributed by atoms with Crippen molar-refractivity contribution in [3.8, 4) is 5.75 Å². The van der Waals surface area contributed by atoms with Crippen molar-refractivity contribution < 1.29 is 23.1 Å². The average Bonchev–Trinajstić information content (AvgIpc) is 2.54. The van der Waals surface area contributed by atoms with E-state index >= 15 is 0 Å². The molecule has 1 heterocycles. The molecule has 7 nitrogen and oxygen atoms in total. The average molecular weight is 404 g/mol. The maximum atomic E-state index is 11.9. The van der Waals surface area contributed by atoms with Gasteiger partial charge in [-0.15, -0.1) is 5.06 Å². The molecular formula is C17H24ClN2O5S-. The molecule has 0 saturated carbocycles. The normalized spacial score (nSPS) is 17.6. The van der Waals surface area contributed by atoms with Crippen LogP contribution in [0.2, 0.25) is 5.02 Å². The molecule has 0 amide bonds. The first kappa shape index (κ1) is 21.0. The molecule has 0 bridgehead atoms. The molecule has 0 aliphatic carbocycles. The predicted molar refractivity (Wildman–Crippen MR) is 99.3 cm³/mol. The number of carbonyl (C=O) groups excluding carboxylic acids is 1. The van der Waals surface area contributed by atoms with Crippen molar-refractivity contribution in [1.82, 2.24) is 5.06 Å². The van der Waals surface area contributed by atoms with E-state index in [0.29, 0.717) is 42.1 Å². The van der Waals surface area contributed by atoms with Gasteiger partial charge < -0.3 is 18.8 Å². The second-order valence-electron chi connectivity index (χ2n) is 7.29. The van der Waals surface area contributed by atoms with Crippen LogP contribution in [0, 0.1) is 11.3 Å². The third kappa shape index (κ3) is 6.42. The minimum absolute atomic E-state index is 0.230. The van der Waals surface area contributed by atoms with Gasteiger partial charge in [0.05, 0.1) is 17.0 Å². The molecule has 0 aromatic heterocycles. The number of hydrogen-bond acceptors (Lipinski definition) is 6. The van der Waals surface area contributed by atoms with Crippen LogP contribution in [0.5, 0.6) is 5.75 Å². The van der Waals surface area contributed by atoms with Crippen LogP contribution in [-0.2, 0) is 20.9 Å². The maximum Gasteiger partial charge on any atom is 0.330 e. The molecule has 26 heavy (non-hydrogen) atoms. The van der Waals surface area contributed by atoms with Crippen molar-refractivity contribution in [3.05, 3.63) is 23.2 Å². The fraction of sp³-hybridized carbons (Fsp3) is 0.588. The van der Waals surface area contributed by atoms with E-state index in [-0.39, 0.29) is 5.97 Å². The van der Waals surface area contributed by atoms with Crippen LogP contribution >= 0.6 is 11.6 Å². The molecule has 0 spiro atoms. The molecule has 1 unspecified atom stereocenters. The Hall–Kier alpha value is -1.35. The summed E-state index contributed by atoms with van der Waals surface area (Å²) in [5, 5.41) is 2.05. The lowest BCUT2D eigenvalue weighted by molar-refractivity contribution is -0.206. The van der Waals surface area contributed by atoms with Crippen molar-refractivity contribution in [3.63, 3.8) is 0 Å². The van der Waals surface area contributed by atoms with E-state index in [1.807, 2.05) is 20.8 Å². The largest absolute Gasteiger partial charge is 0.755 e. The summed E-state index contributed by atoms with van der Waals surface area (Å²) < 4.78 is 29.3. The second kappa shape index (κ2) is 9.03. The molecule has 1 aromatic carbocycles. The van der Waals surface area contributed by atoms with Gasteiger partial charge in [0.1, 0.15) is 5.75 Å². The molecular weight excluding hydrogens is 380 g/mol. The predicted octanol–water partition coefficient (Wildman–Crippen LogP) is 3.14. The minimum atomic E-state index is -2.39. The Morgan fingerprint density at radius 1 is 1.38 bits per heavy atom. The highest BCUT2D eigenvalue weighted by Gasteiger charge is 2.28. The highest BCUT2D eigenvalue weighted by molar-refractivity contribution is 7.80. The standard InChI is InChI=1S/C17H25ClN2O5S/c1-17(2,3)16(21)25-20-8-6-12(7-9-20)11-24-15-5-4-13(10-14(15)18)19-26(22)23/h4-5,10,12,19H,6-9,11H2,1-3H3,(H,22,23)/p-1. The topological polar surface area (TPSA) is 90.9 Å². The monoisotopic (exact) mass is 403 g/mol. The highest BCUT2D eigenvalue weighted by atomic mass is 35.5. The van der Waals surface area contributed by atoms with Crippen LogP contribution in [0.4, 0.5) is 5.69 Å². The number of ether oxygens (including phenoxy) is 1. The number of nitrogens with one attached hydrogen (secondary N) is 1. The van der Waals surface area contributed by atoms with Crippen LogP contribution in [0.3, 0.4) is 0 Å². The van der Waals surface area contributed by atoms with Crippen molar-refractivity contribution >= 4 is 34.5 Å². The Morgan fingerprint density at radius 2 is 2.04 bits per heavy atom. The van der Waals surface area contributed by atoms with Gasteiger partial charge in [0.2, 0.25) is 0 Å². The molecule has 2 rings (SSSR count). The van der Waals surface area contributed by atoms with Crippen molar-refractivity contribution in [2.45, 2.75) is 33.6 Å². The number of carbonyl (C=O) groups is 1. The van der Waals surface area contributed by atoms with Crippen LogP contribution in [0.1, 0.15) is 33.6 Å². The van der Waals surface area contributed by atoms with E-state index < -0.39 is 16.7 Å². The molecule has 1 saturated heterocycles. The number of piperidine rings is 1. The summed E-state index contributed by atoms with van der Waals surface area (Å²) in [7, 11) is 0.